The number of allylic oxidation sites excluding steroid dienone is 1. The van der Waals surface area contributed by atoms with Gasteiger partial charge in [-0.3, -0.25) is 14.9 Å². The van der Waals surface area contributed by atoms with Crippen molar-refractivity contribution in [1.82, 2.24) is 16.1 Å². The molecule has 1 amide bonds. The second kappa shape index (κ2) is 15.5. The highest BCUT2D eigenvalue weighted by molar-refractivity contribution is 9.10. The van der Waals surface area contributed by atoms with Crippen molar-refractivity contribution in [3.63, 3.8) is 0 Å². The van der Waals surface area contributed by atoms with Gasteiger partial charge in [-0.1, -0.05) is 41.9 Å². The number of nitro benzene ring substituents is 1. The van der Waals surface area contributed by atoms with Crippen LogP contribution < -0.4 is 25.5 Å². The maximum absolute atomic E-state index is 12.7. The Kier molecular flexibility index (Phi) is 11.5. The minimum Gasteiger partial charge on any atom is -0.483 e. The van der Waals surface area contributed by atoms with Crippen molar-refractivity contribution in [1.29, 1.82) is 0 Å². The molecule has 3 N–H and O–H groups in total. The second-order valence-electron chi connectivity index (χ2n) is 9.43. The van der Waals surface area contributed by atoms with Crippen LogP contribution in [0.2, 0.25) is 5.02 Å². The van der Waals surface area contributed by atoms with Gasteiger partial charge in [0.25, 0.3) is 5.91 Å². The van der Waals surface area contributed by atoms with Crippen molar-refractivity contribution in [2.24, 2.45) is 5.10 Å². The van der Waals surface area contributed by atoms with Crippen LogP contribution in [0.3, 0.4) is 0 Å². The molecule has 3 aromatic carbocycles. The molecule has 3 aromatic rings. The van der Waals surface area contributed by atoms with Crippen molar-refractivity contribution < 1.29 is 28.7 Å². The van der Waals surface area contributed by atoms with Crippen LogP contribution in [0.4, 0.5) is 5.69 Å². The van der Waals surface area contributed by atoms with Crippen LogP contribution in [0, 0.1) is 10.1 Å². The number of carbonyl (C=O) groups excluding carboxylic acids is 2. The average molecular weight is 717 g/mol. The first-order chi connectivity index (χ1) is 21.6. The summed E-state index contributed by atoms with van der Waals surface area (Å²) in [5.41, 5.74) is 4.60. The topological polar surface area (TPSA) is 153 Å². The zero-order valence-electron chi connectivity index (χ0n) is 24.0. The minimum absolute atomic E-state index is 0.0448. The quantitative estimate of drug-likeness (QED) is 0.0723. The number of esters is 1. The summed E-state index contributed by atoms with van der Waals surface area (Å²) in [6, 6.07) is 16.0. The molecule has 0 aromatic heterocycles. The van der Waals surface area contributed by atoms with E-state index in [0.717, 1.165) is 5.56 Å². The number of hydrazone groups is 1. The third-order valence-corrected chi connectivity index (χ3v) is 7.36. The van der Waals surface area contributed by atoms with Gasteiger partial charge < -0.3 is 24.8 Å². The van der Waals surface area contributed by atoms with Gasteiger partial charge in [0, 0.05) is 27.9 Å². The Labute approximate surface area is 277 Å². The van der Waals surface area contributed by atoms with Crippen LogP contribution >= 0.6 is 39.7 Å². The van der Waals surface area contributed by atoms with Gasteiger partial charge >= 0.3 is 11.7 Å². The zero-order chi connectivity index (χ0) is 32.5. The first-order valence-electron chi connectivity index (χ1n) is 13.4. The van der Waals surface area contributed by atoms with Gasteiger partial charge in [-0.2, -0.15) is 5.10 Å². The number of hydrogen-bond donors (Lipinski definition) is 3. The molecule has 0 bridgehead atoms. The zero-order valence-corrected chi connectivity index (χ0v) is 27.1. The molecule has 0 unspecified atom stereocenters. The lowest BCUT2D eigenvalue weighted by Crippen LogP contribution is -2.45. The first kappa shape index (κ1) is 33.4. The first-order valence-corrected chi connectivity index (χ1v) is 15.0. The van der Waals surface area contributed by atoms with Gasteiger partial charge in [-0.05, 0) is 71.8 Å². The fourth-order valence-electron chi connectivity index (χ4n) is 4.30. The predicted octanol–water partition coefficient (Wildman–Crippen LogP) is 5.47. The van der Waals surface area contributed by atoms with Crippen LogP contribution in [-0.2, 0) is 20.9 Å². The third kappa shape index (κ3) is 8.77. The van der Waals surface area contributed by atoms with Crippen molar-refractivity contribution >= 4 is 68.6 Å². The number of carbonyl (C=O) groups is 2. The van der Waals surface area contributed by atoms with Crippen LogP contribution in [0.5, 0.6) is 11.5 Å². The summed E-state index contributed by atoms with van der Waals surface area (Å²) in [6.07, 6.45) is 1.26. The maximum atomic E-state index is 12.7. The molecular formula is C30H27BrClN5O7S. The molecular weight excluding hydrogens is 690 g/mol. The smallest absolute Gasteiger partial charge is 0.338 e. The monoisotopic (exact) mass is 715 g/mol. The average Bonchev–Trinajstić information content (AvgIpc) is 3.00. The van der Waals surface area contributed by atoms with E-state index in [1.165, 1.54) is 12.3 Å². The Hall–Kier alpha value is -4.53. The molecule has 0 spiro atoms. The fourth-order valence-corrected chi connectivity index (χ4v) is 5.28. The highest BCUT2D eigenvalue weighted by Gasteiger charge is 2.32. The third-order valence-electron chi connectivity index (χ3n) is 6.30. The van der Waals surface area contributed by atoms with Crippen LogP contribution in [0.1, 0.15) is 36.6 Å². The van der Waals surface area contributed by atoms with E-state index < -0.39 is 29.4 Å². The molecule has 4 rings (SSSR count). The van der Waals surface area contributed by atoms with Crippen molar-refractivity contribution in [2.45, 2.75) is 26.5 Å². The number of para-hydroxylation sites is 1. The Morgan fingerprint density at radius 3 is 2.62 bits per heavy atom. The summed E-state index contributed by atoms with van der Waals surface area (Å²) in [4.78, 5) is 36.5. The summed E-state index contributed by atoms with van der Waals surface area (Å²) < 4.78 is 17.1. The van der Waals surface area contributed by atoms with E-state index in [1.54, 1.807) is 68.4 Å². The van der Waals surface area contributed by atoms with E-state index in [-0.39, 0.29) is 24.7 Å². The van der Waals surface area contributed by atoms with Crippen molar-refractivity contribution in [2.75, 3.05) is 13.2 Å². The standard InChI is InChI=1S/C30H27BrClN5O7S/c1-3-42-29(39)26-17(2)34-30(45)35-27(26)21-6-4-5-7-24(21)43-16-25(38)36-33-14-19-12-22(31)28(23(13-19)37(40)41)44-15-18-8-10-20(32)11-9-18/h4-14,27H,3,15-16H2,1-2H3,(H,36,38)(H2,34,35,45)/t27-/m1/s1. The second-order valence-corrected chi connectivity index (χ2v) is 11.1. The fraction of sp³-hybridized carbons (Fsp3) is 0.200. The van der Waals surface area contributed by atoms with E-state index in [1.807, 2.05) is 0 Å². The number of nitrogens with zero attached hydrogens (tertiary/aromatic N) is 2. The molecule has 1 aliphatic heterocycles. The molecule has 1 atom stereocenters. The number of halogens is 2. The maximum Gasteiger partial charge on any atom is 0.338 e. The molecule has 0 saturated carbocycles. The van der Waals surface area contributed by atoms with E-state index in [2.05, 4.69) is 37.1 Å². The normalized spacial score (nSPS) is 14.4. The molecule has 45 heavy (non-hydrogen) atoms. The lowest BCUT2D eigenvalue weighted by molar-refractivity contribution is -0.386. The molecule has 0 radical (unpaired) electrons. The number of rotatable bonds is 12. The highest BCUT2D eigenvalue weighted by Crippen LogP contribution is 2.37. The van der Waals surface area contributed by atoms with Crippen LogP contribution in [-0.4, -0.2) is 41.3 Å². The minimum atomic E-state index is -0.678. The number of nitro groups is 1. The van der Waals surface area contributed by atoms with E-state index in [4.69, 9.17) is 38.0 Å². The summed E-state index contributed by atoms with van der Waals surface area (Å²) >= 11 is 14.5. The molecule has 15 heteroatoms. The van der Waals surface area contributed by atoms with Gasteiger partial charge in [-0.25, -0.2) is 10.2 Å². The van der Waals surface area contributed by atoms with Crippen LogP contribution in [0.25, 0.3) is 0 Å². The summed E-state index contributed by atoms with van der Waals surface area (Å²) in [5, 5.41) is 22.6. The number of hydrogen-bond acceptors (Lipinski definition) is 9. The summed E-state index contributed by atoms with van der Waals surface area (Å²) in [6.45, 7) is 3.30. The van der Waals surface area contributed by atoms with Crippen LogP contribution in [0.15, 0.2) is 81.5 Å². The molecule has 12 nitrogen and oxygen atoms in total. The highest BCUT2D eigenvalue weighted by atomic mass is 79.9. The summed E-state index contributed by atoms with van der Waals surface area (Å²) in [5.74, 6) is -0.730. The largest absolute Gasteiger partial charge is 0.483 e. The molecule has 1 aliphatic rings. The van der Waals surface area contributed by atoms with Gasteiger partial charge in [0.15, 0.2) is 11.7 Å². The number of ether oxygens (including phenoxy) is 3. The Morgan fingerprint density at radius 1 is 1.18 bits per heavy atom. The number of thiocarbonyl (C=S) groups is 1. The van der Waals surface area contributed by atoms with Crippen molar-refractivity contribution in [3.8, 4) is 11.5 Å². The number of nitrogens with one attached hydrogen (secondary N) is 3. The van der Waals surface area contributed by atoms with Gasteiger partial charge in [0.1, 0.15) is 12.4 Å². The van der Waals surface area contributed by atoms with Crippen molar-refractivity contribution in [3.05, 3.63) is 108 Å². The predicted molar refractivity (Wildman–Crippen MR) is 175 cm³/mol. The molecule has 234 valence electrons. The van der Waals surface area contributed by atoms with Gasteiger partial charge in [0.05, 0.1) is 33.8 Å². The van der Waals surface area contributed by atoms with E-state index >= 15 is 0 Å². The lowest BCUT2D eigenvalue weighted by Gasteiger charge is -2.30. The molecule has 0 saturated heterocycles. The number of amides is 1. The summed E-state index contributed by atoms with van der Waals surface area (Å²) in [7, 11) is 0. The molecule has 0 fully saturated rings. The van der Waals surface area contributed by atoms with E-state index in [0.29, 0.717) is 42.8 Å². The molecule has 0 aliphatic carbocycles. The Morgan fingerprint density at radius 2 is 1.91 bits per heavy atom. The Bertz CT molecular complexity index is 1680. The van der Waals surface area contributed by atoms with Gasteiger partial charge in [-0.15, -0.1) is 0 Å². The number of benzene rings is 3. The Balaban J connectivity index is 1.42. The van der Waals surface area contributed by atoms with E-state index in [9.17, 15) is 19.7 Å². The lowest BCUT2D eigenvalue weighted by atomic mass is 9.95. The molecule has 1 heterocycles. The van der Waals surface area contributed by atoms with Gasteiger partial charge in [0.2, 0.25) is 5.75 Å². The SMILES string of the molecule is CCOC(=O)C1=C(C)NC(=S)N[C@@H]1c1ccccc1OCC(=O)NN=Cc1cc(Br)c(OCc2ccc(Cl)cc2)c([N+](=O)[O-])c1.